The van der Waals surface area contributed by atoms with Crippen LogP contribution in [0.3, 0.4) is 0 Å². The maximum atomic E-state index is 11.6. The van der Waals surface area contributed by atoms with E-state index >= 15 is 0 Å². The van der Waals surface area contributed by atoms with Crippen LogP contribution in [0.15, 0.2) is 10.5 Å². The van der Waals surface area contributed by atoms with Crippen LogP contribution < -0.4 is 5.32 Å². The molecule has 1 heterocycles. The van der Waals surface area contributed by atoms with Gasteiger partial charge in [0.1, 0.15) is 11.5 Å². The van der Waals surface area contributed by atoms with Gasteiger partial charge in [0.25, 0.3) is 5.91 Å². The average Bonchev–Trinajstić information content (AvgIpc) is 2.77. The first-order valence-electron chi connectivity index (χ1n) is 4.54. The summed E-state index contributed by atoms with van der Waals surface area (Å²) in [6.45, 7) is 3.66. The lowest BCUT2D eigenvalue weighted by Crippen LogP contribution is -2.25. The second kappa shape index (κ2) is 2.91. The van der Waals surface area contributed by atoms with Crippen LogP contribution in [0.5, 0.6) is 0 Å². The second-order valence-electron chi connectivity index (χ2n) is 3.57. The van der Waals surface area contributed by atoms with E-state index in [0.29, 0.717) is 17.4 Å². The Morgan fingerprint density at radius 2 is 2.23 bits per heavy atom. The summed E-state index contributed by atoms with van der Waals surface area (Å²) in [5.74, 6) is 1.49. The largest absolute Gasteiger partial charge is 0.466 e. The van der Waals surface area contributed by atoms with E-state index in [2.05, 4.69) is 5.32 Å². The van der Waals surface area contributed by atoms with Crippen molar-refractivity contribution in [3.8, 4) is 0 Å². The Hall–Kier alpha value is -1.25. The molecule has 0 saturated heterocycles. The van der Waals surface area contributed by atoms with Gasteiger partial charge in [-0.2, -0.15) is 0 Å². The number of hydrogen-bond acceptors (Lipinski definition) is 2. The number of aryl methyl sites for hydroxylation is 2. The number of furan rings is 1. The Kier molecular flexibility index (Phi) is 1.87. The molecule has 1 amide bonds. The van der Waals surface area contributed by atoms with E-state index in [1.165, 1.54) is 0 Å². The highest BCUT2D eigenvalue weighted by Crippen LogP contribution is 2.20. The Morgan fingerprint density at radius 1 is 1.54 bits per heavy atom. The minimum atomic E-state index is -0.00292. The Labute approximate surface area is 77.1 Å². The van der Waals surface area contributed by atoms with E-state index in [1.807, 2.05) is 13.8 Å². The van der Waals surface area contributed by atoms with Gasteiger partial charge in [-0.3, -0.25) is 4.79 Å². The number of hydrogen-bond donors (Lipinski definition) is 1. The minimum Gasteiger partial charge on any atom is -0.466 e. The molecule has 0 spiro atoms. The Bertz CT molecular complexity index is 337. The van der Waals surface area contributed by atoms with Gasteiger partial charge in [-0.25, -0.2) is 0 Å². The first kappa shape index (κ1) is 8.35. The lowest BCUT2D eigenvalue weighted by atomic mass is 10.2. The van der Waals surface area contributed by atoms with E-state index in [9.17, 15) is 4.79 Å². The Balaban J connectivity index is 2.13. The number of amides is 1. The van der Waals surface area contributed by atoms with Gasteiger partial charge in [-0.05, 0) is 32.8 Å². The van der Waals surface area contributed by atoms with E-state index < -0.39 is 0 Å². The van der Waals surface area contributed by atoms with Crippen LogP contribution in [0.4, 0.5) is 0 Å². The molecule has 0 radical (unpaired) electrons. The number of rotatable bonds is 2. The zero-order valence-corrected chi connectivity index (χ0v) is 7.89. The molecule has 3 heteroatoms. The smallest absolute Gasteiger partial charge is 0.255 e. The molecular formula is C10H13NO2. The SMILES string of the molecule is Cc1cc(C(=O)NC2CC2)c(C)o1. The van der Waals surface area contributed by atoms with E-state index in [1.54, 1.807) is 6.07 Å². The summed E-state index contributed by atoms with van der Waals surface area (Å²) in [7, 11) is 0. The molecule has 0 atom stereocenters. The summed E-state index contributed by atoms with van der Waals surface area (Å²) < 4.78 is 5.28. The van der Waals surface area contributed by atoms with Crippen LogP contribution >= 0.6 is 0 Å². The molecule has 0 aromatic carbocycles. The van der Waals surface area contributed by atoms with Gasteiger partial charge in [0.15, 0.2) is 0 Å². The zero-order chi connectivity index (χ0) is 9.42. The molecule has 2 rings (SSSR count). The quantitative estimate of drug-likeness (QED) is 0.752. The molecule has 0 aliphatic heterocycles. The fourth-order valence-corrected chi connectivity index (χ4v) is 1.35. The van der Waals surface area contributed by atoms with Crippen LogP contribution in [0.1, 0.15) is 34.7 Å². The number of nitrogens with one attached hydrogen (secondary N) is 1. The lowest BCUT2D eigenvalue weighted by molar-refractivity contribution is 0.0949. The topological polar surface area (TPSA) is 42.2 Å². The molecule has 0 bridgehead atoms. The van der Waals surface area contributed by atoms with Crippen molar-refractivity contribution in [1.82, 2.24) is 5.32 Å². The number of carbonyl (C=O) groups excluding carboxylic acids is 1. The van der Waals surface area contributed by atoms with Gasteiger partial charge in [0.05, 0.1) is 5.56 Å². The maximum absolute atomic E-state index is 11.6. The first-order chi connectivity index (χ1) is 6.16. The summed E-state index contributed by atoms with van der Waals surface area (Å²) in [6, 6.07) is 2.19. The molecular weight excluding hydrogens is 166 g/mol. The molecule has 1 aliphatic carbocycles. The van der Waals surface area contributed by atoms with E-state index in [4.69, 9.17) is 4.42 Å². The molecule has 1 aromatic rings. The summed E-state index contributed by atoms with van der Waals surface area (Å²) >= 11 is 0. The summed E-state index contributed by atoms with van der Waals surface area (Å²) in [4.78, 5) is 11.6. The van der Waals surface area contributed by atoms with Gasteiger partial charge in [0, 0.05) is 6.04 Å². The van der Waals surface area contributed by atoms with Crippen molar-refractivity contribution in [3.05, 3.63) is 23.2 Å². The van der Waals surface area contributed by atoms with Crippen LogP contribution in [0, 0.1) is 13.8 Å². The normalized spacial score (nSPS) is 15.8. The fraction of sp³-hybridized carbons (Fsp3) is 0.500. The third kappa shape index (κ3) is 1.74. The minimum absolute atomic E-state index is 0.00292. The molecule has 1 saturated carbocycles. The van der Waals surface area contributed by atoms with Crippen LogP contribution in [-0.2, 0) is 0 Å². The molecule has 0 unspecified atom stereocenters. The molecule has 3 nitrogen and oxygen atoms in total. The number of carbonyl (C=O) groups is 1. The summed E-state index contributed by atoms with van der Waals surface area (Å²) in [5.41, 5.74) is 0.671. The van der Waals surface area contributed by atoms with Gasteiger partial charge >= 0.3 is 0 Å². The highest BCUT2D eigenvalue weighted by Gasteiger charge is 2.25. The second-order valence-corrected chi connectivity index (χ2v) is 3.57. The maximum Gasteiger partial charge on any atom is 0.255 e. The third-order valence-electron chi connectivity index (χ3n) is 2.20. The standard InChI is InChI=1S/C10H13NO2/c1-6-5-9(7(2)13-6)10(12)11-8-3-4-8/h5,8H,3-4H2,1-2H3,(H,11,12). The van der Waals surface area contributed by atoms with Crippen molar-refractivity contribution in [2.75, 3.05) is 0 Å². The highest BCUT2D eigenvalue weighted by molar-refractivity contribution is 5.95. The molecule has 13 heavy (non-hydrogen) atoms. The molecule has 70 valence electrons. The van der Waals surface area contributed by atoms with E-state index in [0.717, 1.165) is 18.6 Å². The predicted molar refractivity (Wildman–Crippen MR) is 48.7 cm³/mol. The summed E-state index contributed by atoms with van der Waals surface area (Å²) in [6.07, 6.45) is 2.23. The van der Waals surface area contributed by atoms with E-state index in [-0.39, 0.29) is 5.91 Å². The zero-order valence-electron chi connectivity index (χ0n) is 7.89. The Morgan fingerprint density at radius 3 is 2.69 bits per heavy atom. The third-order valence-corrected chi connectivity index (χ3v) is 2.20. The van der Waals surface area contributed by atoms with Crippen molar-refractivity contribution < 1.29 is 9.21 Å². The summed E-state index contributed by atoms with van der Waals surface area (Å²) in [5, 5.41) is 2.93. The lowest BCUT2D eigenvalue weighted by Gasteiger charge is -1.99. The van der Waals surface area contributed by atoms with Crippen molar-refractivity contribution in [3.63, 3.8) is 0 Å². The van der Waals surface area contributed by atoms with Crippen molar-refractivity contribution in [2.45, 2.75) is 32.7 Å². The first-order valence-corrected chi connectivity index (χ1v) is 4.54. The average molecular weight is 179 g/mol. The molecule has 1 aromatic heterocycles. The van der Waals surface area contributed by atoms with Crippen molar-refractivity contribution in [2.24, 2.45) is 0 Å². The monoisotopic (exact) mass is 179 g/mol. The van der Waals surface area contributed by atoms with Crippen molar-refractivity contribution >= 4 is 5.91 Å². The predicted octanol–water partition coefficient (Wildman–Crippen LogP) is 1.79. The van der Waals surface area contributed by atoms with Gasteiger partial charge in [-0.15, -0.1) is 0 Å². The van der Waals surface area contributed by atoms with Crippen LogP contribution in [-0.4, -0.2) is 11.9 Å². The van der Waals surface area contributed by atoms with Crippen molar-refractivity contribution in [1.29, 1.82) is 0 Å². The molecule has 1 aliphatic rings. The van der Waals surface area contributed by atoms with Gasteiger partial charge in [0.2, 0.25) is 0 Å². The molecule has 1 N–H and O–H groups in total. The fourth-order valence-electron chi connectivity index (χ4n) is 1.35. The van der Waals surface area contributed by atoms with Crippen LogP contribution in [0.25, 0.3) is 0 Å². The van der Waals surface area contributed by atoms with Gasteiger partial charge < -0.3 is 9.73 Å². The van der Waals surface area contributed by atoms with Crippen LogP contribution in [0.2, 0.25) is 0 Å². The highest BCUT2D eigenvalue weighted by atomic mass is 16.3. The van der Waals surface area contributed by atoms with Gasteiger partial charge in [-0.1, -0.05) is 0 Å². The molecule has 1 fully saturated rings.